The molecule has 0 bridgehead atoms. The summed E-state index contributed by atoms with van der Waals surface area (Å²) in [5.74, 6) is -2.18. The molecule has 4 rings (SSSR count). The van der Waals surface area contributed by atoms with Crippen molar-refractivity contribution < 1.29 is 24.3 Å². The minimum Gasteiger partial charge on any atom is -0.481 e. The van der Waals surface area contributed by atoms with Gasteiger partial charge >= 0.3 is 12.0 Å². The van der Waals surface area contributed by atoms with Gasteiger partial charge in [0.25, 0.3) is 11.8 Å². The second-order valence-corrected chi connectivity index (χ2v) is 9.53. The number of carboxylic acids is 1. The quantitative estimate of drug-likeness (QED) is 0.427. The number of carbonyl (C=O) groups is 4. The Bertz CT molecular complexity index is 1360. The molecule has 0 aliphatic carbocycles. The smallest absolute Gasteiger partial charge is 0.323 e. The van der Waals surface area contributed by atoms with Gasteiger partial charge in [0.1, 0.15) is 0 Å². The second-order valence-electron chi connectivity index (χ2n) is 9.53. The lowest BCUT2D eigenvalue weighted by Crippen LogP contribution is -2.64. The normalized spacial score (nSPS) is 15.8. The molecule has 202 valence electrons. The van der Waals surface area contributed by atoms with Crippen molar-refractivity contribution in [3.63, 3.8) is 0 Å². The number of nitrogens with one attached hydrogen (secondary N) is 2. The Morgan fingerprint density at radius 3 is 2.28 bits per heavy atom. The van der Waals surface area contributed by atoms with Crippen molar-refractivity contribution in [3.05, 3.63) is 95.3 Å². The Labute approximate surface area is 226 Å². The molecule has 1 aliphatic heterocycles. The third-order valence-corrected chi connectivity index (χ3v) is 6.48. The molecule has 2 unspecified atom stereocenters. The molecule has 10 heteroatoms. The summed E-state index contributed by atoms with van der Waals surface area (Å²) >= 11 is 0. The van der Waals surface area contributed by atoms with Crippen LogP contribution < -0.4 is 10.6 Å². The topological polar surface area (TPSA) is 132 Å². The summed E-state index contributed by atoms with van der Waals surface area (Å²) in [5.41, 5.74) is 3.35. The van der Waals surface area contributed by atoms with Crippen LogP contribution in [0.2, 0.25) is 0 Å². The van der Waals surface area contributed by atoms with Gasteiger partial charge in [0, 0.05) is 36.7 Å². The Morgan fingerprint density at radius 1 is 0.949 bits per heavy atom. The summed E-state index contributed by atoms with van der Waals surface area (Å²) in [7, 11) is 0. The first-order valence-corrected chi connectivity index (χ1v) is 12.7. The average Bonchev–Trinajstić information content (AvgIpc) is 2.92. The monoisotopic (exact) mass is 529 g/mol. The van der Waals surface area contributed by atoms with Crippen LogP contribution in [0, 0.1) is 13.8 Å². The van der Waals surface area contributed by atoms with E-state index >= 15 is 0 Å². The molecule has 1 saturated heterocycles. The lowest BCUT2D eigenvalue weighted by molar-refractivity contribution is -0.138. The van der Waals surface area contributed by atoms with E-state index in [4.69, 9.17) is 0 Å². The standard InChI is InChI=1S/C29H31N5O5/c1-19-6-3-8-22(16-19)24(18-25(35)36)32-26(37)27-33(28(38)21-10-12-30-13-11-21)14-5-15-34(27)29(39)31-23-9-4-7-20(2)17-23/h3-4,6-13,16-17,24,27H,5,14-15,18H2,1-2H3,(H,31,39)(H,32,37)(H,35,36). The maximum atomic E-state index is 13.9. The zero-order valence-corrected chi connectivity index (χ0v) is 21.8. The first kappa shape index (κ1) is 27.3. The Hall–Kier alpha value is -4.73. The highest BCUT2D eigenvalue weighted by Gasteiger charge is 2.41. The molecule has 0 radical (unpaired) electrons. The molecule has 10 nitrogen and oxygen atoms in total. The molecule has 2 heterocycles. The largest absolute Gasteiger partial charge is 0.481 e. The fourth-order valence-electron chi connectivity index (χ4n) is 4.67. The van der Waals surface area contributed by atoms with Crippen LogP contribution in [0.5, 0.6) is 0 Å². The van der Waals surface area contributed by atoms with Crippen LogP contribution in [0.4, 0.5) is 10.5 Å². The van der Waals surface area contributed by atoms with Gasteiger partial charge < -0.3 is 20.6 Å². The number of hydrogen-bond donors (Lipinski definition) is 3. The summed E-state index contributed by atoms with van der Waals surface area (Å²) < 4.78 is 0. The maximum absolute atomic E-state index is 13.9. The number of carbonyl (C=O) groups excluding carboxylic acids is 3. The minimum atomic E-state index is -1.30. The van der Waals surface area contributed by atoms with Crippen molar-refractivity contribution in [2.24, 2.45) is 0 Å². The first-order chi connectivity index (χ1) is 18.7. The number of carboxylic acid groups (broad SMARTS) is 1. The maximum Gasteiger partial charge on any atom is 0.323 e. The average molecular weight is 530 g/mol. The van der Waals surface area contributed by atoms with E-state index in [1.54, 1.807) is 42.5 Å². The zero-order valence-electron chi connectivity index (χ0n) is 21.8. The van der Waals surface area contributed by atoms with Crippen LogP contribution in [-0.2, 0) is 9.59 Å². The van der Waals surface area contributed by atoms with Crippen LogP contribution in [-0.4, -0.2) is 63.0 Å². The van der Waals surface area contributed by atoms with Crippen LogP contribution >= 0.6 is 0 Å². The van der Waals surface area contributed by atoms with E-state index in [1.165, 1.54) is 22.2 Å². The molecular weight excluding hydrogens is 498 g/mol. The number of anilines is 1. The van der Waals surface area contributed by atoms with E-state index in [2.05, 4.69) is 15.6 Å². The molecule has 4 amide bonds. The molecule has 1 aliphatic rings. The predicted molar refractivity (Wildman–Crippen MR) is 145 cm³/mol. The van der Waals surface area contributed by atoms with Gasteiger partial charge in [0.15, 0.2) is 6.17 Å². The Morgan fingerprint density at radius 2 is 1.62 bits per heavy atom. The molecule has 39 heavy (non-hydrogen) atoms. The van der Waals surface area contributed by atoms with Gasteiger partial charge in [0.2, 0.25) is 0 Å². The second kappa shape index (κ2) is 12.2. The number of rotatable bonds is 7. The highest BCUT2D eigenvalue weighted by atomic mass is 16.4. The number of amides is 4. The zero-order chi connectivity index (χ0) is 27.9. The van der Waals surface area contributed by atoms with E-state index in [0.717, 1.165) is 11.1 Å². The fraction of sp³-hybridized carbons (Fsp3) is 0.276. The fourth-order valence-corrected chi connectivity index (χ4v) is 4.67. The van der Waals surface area contributed by atoms with Crippen molar-refractivity contribution >= 4 is 29.5 Å². The molecule has 0 saturated carbocycles. The van der Waals surface area contributed by atoms with Crippen LogP contribution in [0.1, 0.15) is 45.9 Å². The number of urea groups is 1. The van der Waals surface area contributed by atoms with E-state index in [9.17, 15) is 24.3 Å². The summed E-state index contributed by atoms with van der Waals surface area (Å²) in [5, 5.41) is 15.2. The molecule has 3 aromatic rings. The summed E-state index contributed by atoms with van der Waals surface area (Å²) in [6, 6.07) is 16.1. The van der Waals surface area contributed by atoms with E-state index in [-0.39, 0.29) is 19.5 Å². The number of hydrogen-bond acceptors (Lipinski definition) is 5. The SMILES string of the molecule is Cc1cccc(NC(=O)N2CCCN(C(=O)c3ccncc3)C2C(=O)NC(CC(=O)O)c2cccc(C)c2)c1. The minimum absolute atomic E-state index is 0.226. The molecule has 3 N–H and O–H groups in total. The summed E-state index contributed by atoms with van der Waals surface area (Å²) in [6.45, 7) is 4.23. The molecule has 2 atom stereocenters. The van der Waals surface area contributed by atoms with Gasteiger partial charge in [-0.05, 0) is 55.7 Å². The van der Waals surface area contributed by atoms with Gasteiger partial charge in [-0.2, -0.15) is 0 Å². The molecule has 2 aromatic carbocycles. The number of nitrogens with zero attached hydrogens (tertiary/aromatic N) is 3. The first-order valence-electron chi connectivity index (χ1n) is 12.7. The van der Waals surface area contributed by atoms with Gasteiger partial charge in [0.05, 0.1) is 12.5 Å². The number of pyridine rings is 1. The number of benzene rings is 2. The third-order valence-electron chi connectivity index (χ3n) is 6.48. The van der Waals surface area contributed by atoms with E-state index in [1.807, 2.05) is 32.0 Å². The number of aromatic nitrogens is 1. The highest BCUT2D eigenvalue weighted by molar-refractivity contribution is 6.00. The van der Waals surface area contributed by atoms with Crippen LogP contribution in [0.25, 0.3) is 0 Å². The van der Waals surface area contributed by atoms with Crippen molar-refractivity contribution in [2.75, 3.05) is 18.4 Å². The number of aryl methyl sites for hydroxylation is 2. The predicted octanol–water partition coefficient (Wildman–Crippen LogP) is 3.74. The van der Waals surface area contributed by atoms with Crippen molar-refractivity contribution in [1.82, 2.24) is 20.1 Å². The number of aliphatic carboxylic acids is 1. The van der Waals surface area contributed by atoms with Crippen molar-refractivity contribution in [2.45, 2.75) is 38.9 Å². The Balaban J connectivity index is 1.67. The summed E-state index contributed by atoms with van der Waals surface area (Å²) in [4.78, 5) is 59.2. The van der Waals surface area contributed by atoms with E-state index in [0.29, 0.717) is 23.2 Å². The van der Waals surface area contributed by atoms with Crippen LogP contribution in [0.15, 0.2) is 73.1 Å². The lowest BCUT2D eigenvalue weighted by atomic mass is 10.0. The van der Waals surface area contributed by atoms with Crippen LogP contribution in [0.3, 0.4) is 0 Å². The van der Waals surface area contributed by atoms with Gasteiger partial charge in [-0.3, -0.25) is 24.3 Å². The summed E-state index contributed by atoms with van der Waals surface area (Å²) in [6.07, 6.45) is 1.75. The van der Waals surface area contributed by atoms with Crippen molar-refractivity contribution in [1.29, 1.82) is 0 Å². The highest BCUT2D eigenvalue weighted by Crippen LogP contribution is 2.23. The molecule has 0 spiro atoms. The van der Waals surface area contributed by atoms with E-state index < -0.39 is 36.0 Å². The van der Waals surface area contributed by atoms with Gasteiger partial charge in [-0.1, -0.05) is 42.0 Å². The molecule has 1 fully saturated rings. The van der Waals surface area contributed by atoms with Gasteiger partial charge in [-0.25, -0.2) is 4.79 Å². The lowest BCUT2D eigenvalue weighted by Gasteiger charge is -2.43. The molecule has 1 aromatic heterocycles. The third kappa shape index (κ3) is 6.78. The van der Waals surface area contributed by atoms with Gasteiger partial charge in [-0.15, -0.1) is 0 Å². The Kier molecular flexibility index (Phi) is 8.55. The molecular formula is C29H31N5O5. The van der Waals surface area contributed by atoms with Crippen molar-refractivity contribution in [3.8, 4) is 0 Å².